The Hall–Kier alpha value is -2.62. The first kappa shape index (κ1) is 21.2. The summed E-state index contributed by atoms with van der Waals surface area (Å²) in [6.07, 6.45) is 6.50. The van der Waals surface area contributed by atoms with Crippen LogP contribution in [-0.4, -0.2) is 36.3 Å². The van der Waals surface area contributed by atoms with Gasteiger partial charge >= 0.3 is 0 Å². The molecule has 3 aliphatic rings. The molecule has 0 bridgehead atoms. The van der Waals surface area contributed by atoms with E-state index in [0.29, 0.717) is 24.8 Å². The molecular formula is C28H34N2O2. The predicted octanol–water partition coefficient (Wildman–Crippen LogP) is 4.72. The Labute approximate surface area is 191 Å². The van der Waals surface area contributed by atoms with Crippen LogP contribution < -0.4 is 5.32 Å². The molecule has 2 amide bonds. The average Bonchev–Trinajstić information content (AvgIpc) is 3.32. The minimum absolute atomic E-state index is 0.0547. The molecule has 32 heavy (non-hydrogen) atoms. The molecule has 2 heterocycles. The zero-order valence-electron chi connectivity index (χ0n) is 19.1. The molecule has 1 atom stereocenters. The van der Waals surface area contributed by atoms with Crippen LogP contribution in [-0.2, 0) is 15.0 Å². The maximum absolute atomic E-state index is 13.9. The van der Waals surface area contributed by atoms with Gasteiger partial charge in [0.25, 0.3) is 0 Å². The third-order valence-electron chi connectivity index (χ3n) is 8.56. The molecule has 4 heteroatoms. The number of aryl methyl sites for hydroxylation is 1. The number of amides is 2. The van der Waals surface area contributed by atoms with Gasteiger partial charge in [0.2, 0.25) is 11.8 Å². The van der Waals surface area contributed by atoms with Crippen LogP contribution in [0.15, 0.2) is 54.6 Å². The van der Waals surface area contributed by atoms with Crippen LogP contribution in [0.25, 0.3) is 0 Å². The Morgan fingerprint density at radius 2 is 1.59 bits per heavy atom. The molecule has 0 aromatic heterocycles. The van der Waals surface area contributed by atoms with Crippen molar-refractivity contribution in [3.05, 3.63) is 71.3 Å². The van der Waals surface area contributed by atoms with E-state index in [2.05, 4.69) is 65.7 Å². The Morgan fingerprint density at radius 3 is 2.28 bits per heavy atom. The molecule has 1 N–H and O–H groups in total. The lowest BCUT2D eigenvalue weighted by Gasteiger charge is -2.50. The number of rotatable bonds is 3. The standard InChI is InChI=1S/C28H34N2O2/c1-21-9-5-6-12-23(21)24-20-29-25(31)19-27(24)15-17-30(18-16-27)26(32)28(13-7-8-14-28)22-10-3-2-4-11-22/h2-6,9-12,24H,7-8,13-20H2,1H3,(H,29,31). The molecule has 168 valence electrons. The van der Waals surface area contributed by atoms with Crippen molar-refractivity contribution < 1.29 is 9.59 Å². The summed E-state index contributed by atoms with van der Waals surface area (Å²) in [5, 5.41) is 3.12. The third-order valence-corrected chi connectivity index (χ3v) is 8.56. The molecule has 1 unspecified atom stereocenters. The third kappa shape index (κ3) is 3.54. The van der Waals surface area contributed by atoms with Crippen LogP contribution in [0.4, 0.5) is 0 Å². The van der Waals surface area contributed by atoms with Gasteiger partial charge in [0, 0.05) is 32.0 Å². The highest BCUT2D eigenvalue weighted by Crippen LogP contribution is 2.50. The molecule has 0 radical (unpaired) electrons. The summed E-state index contributed by atoms with van der Waals surface area (Å²) in [5.74, 6) is 0.781. The summed E-state index contributed by atoms with van der Waals surface area (Å²) in [4.78, 5) is 28.5. The zero-order valence-corrected chi connectivity index (χ0v) is 19.1. The maximum Gasteiger partial charge on any atom is 0.233 e. The van der Waals surface area contributed by atoms with Crippen molar-refractivity contribution in [1.29, 1.82) is 0 Å². The van der Waals surface area contributed by atoms with Crippen molar-refractivity contribution in [2.75, 3.05) is 19.6 Å². The number of carbonyl (C=O) groups is 2. The van der Waals surface area contributed by atoms with Crippen molar-refractivity contribution in [3.63, 3.8) is 0 Å². The van der Waals surface area contributed by atoms with Gasteiger partial charge in [-0.3, -0.25) is 9.59 Å². The molecule has 2 aliphatic heterocycles. The van der Waals surface area contributed by atoms with Gasteiger partial charge < -0.3 is 10.2 Å². The fourth-order valence-electron chi connectivity index (χ4n) is 6.70. The minimum atomic E-state index is -0.356. The molecule has 1 saturated carbocycles. The summed E-state index contributed by atoms with van der Waals surface area (Å²) >= 11 is 0. The number of carbonyl (C=O) groups excluding carboxylic acids is 2. The number of likely N-dealkylation sites (tertiary alicyclic amines) is 1. The molecule has 1 spiro atoms. The molecule has 4 nitrogen and oxygen atoms in total. The van der Waals surface area contributed by atoms with Crippen LogP contribution in [0.1, 0.15) is 67.6 Å². The topological polar surface area (TPSA) is 49.4 Å². The highest BCUT2D eigenvalue weighted by atomic mass is 16.2. The molecule has 2 saturated heterocycles. The monoisotopic (exact) mass is 430 g/mol. The Bertz CT molecular complexity index is 986. The summed E-state index contributed by atoms with van der Waals surface area (Å²) < 4.78 is 0. The van der Waals surface area contributed by atoms with Gasteiger partial charge in [0.05, 0.1) is 5.41 Å². The van der Waals surface area contributed by atoms with Crippen molar-refractivity contribution in [2.45, 2.75) is 63.2 Å². The second kappa shape index (κ2) is 8.38. The lowest BCUT2D eigenvalue weighted by Crippen LogP contribution is -2.55. The first-order valence-electron chi connectivity index (χ1n) is 12.2. The molecule has 3 fully saturated rings. The quantitative estimate of drug-likeness (QED) is 0.766. The van der Waals surface area contributed by atoms with E-state index >= 15 is 0 Å². The van der Waals surface area contributed by atoms with Crippen molar-refractivity contribution in [2.24, 2.45) is 5.41 Å². The number of nitrogens with zero attached hydrogens (tertiary/aromatic N) is 1. The number of piperidine rings is 2. The lowest BCUT2D eigenvalue weighted by atomic mass is 9.62. The van der Waals surface area contributed by atoms with Crippen molar-refractivity contribution in [3.8, 4) is 0 Å². The largest absolute Gasteiger partial charge is 0.355 e. The van der Waals surface area contributed by atoms with E-state index in [1.165, 1.54) is 16.7 Å². The van der Waals surface area contributed by atoms with Crippen LogP contribution in [0.5, 0.6) is 0 Å². The summed E-state index contributed by atoms with van der Waals surface area (Å²) in [6.45, 7) is 4.37. The first-order chi connectivity index (χ1) is 15.5. The van der Waals surface area contributed by atoms with Gasteiger partial charge in [-0.15, -0.1) is 0 Å². The molecule has 2 aromatic rings. The van der Waals surface area contributed by atoms with Gasteiger partial charge in [-0.25, -0.2) is 0 Å². The van der Waals surface area contributed by atoms with E-state index < -0.39 is 0 Å². The SMILES string of the molecule is Cc1ccccc1C1CNC(=O)CC12CCN(C(=O)C1(c3ccccc3)CCCC1)CC2. The van der Waals surface area contributed by atoms with E-state index in [9.17, 15) is 9.59 Å². The van der Waals surface area contributed by atoms with E-state index in [4.69, 9.17) is 0 Å². The van der Waals surface area contributed by atoms with Gasteiger partial charge in [-0.2, -0.15) is 0 Å². The van der Waals surface area contributed by atoms with Crippen molar-refractivity contribution in [1.82, 2.24) is 10.2 Å². The number of benzene rings is 2. The lowest BCUT2D eigenvalue weighted by molar-refractivity contribution is -0.141. The second-order valence-electron chi connectivity index (χ2n) is 10.2. The predicted molar refractivity (Wildman–Crippen MR) is 126 cm³/mol. The van der Waals surface area contributed by atoms with Crippen LogP contribution >= 0.6 is 0 Å². The second-order valence-corrected chi connectivity index (χ2v) is 10.2. The van der Waals surface area contributed by atoms with Crippen LogP contribution in [0, 0.1) is 12.3 Å². The van der Waals surface area contributed by atoms with Crippen molar-refractivity contribution >= 4 is 11.8 Å². The normalized spacial score (nSPS) is 24.3. The van der Waals surface area contributed by atoms with E-state index in [0.717, 1.165) is 51.6 Å². The van der Waals surface area contributed by atoms with Gasteiger partial charge in [0.1, 0.15) is 0 Å². The zero-order chi connectivity index (χ0) is 22.2. The number of hydrogen-bond donors (Lipinski definition) is 1. The Morgan fingerprint density at radius 1 is 0.938 bits per heavy atom. The highest BCUT2D eigenvalue weighted by Gasteiger charge is 2.50. The van der Waals surface area contributed by atoms with E-state index in [1.54, 1.807) is 0 Å². The van der Waals surface area contributed by atoms with E-state index in [-0.39, 0.29) is 16.7 Å². The average molecular weight is 431 g/mol. The van der Waals surface area contributed by atoms with Crippen LogP contribution in [0.3, 0.4) is 0 Å². The van der Waals surface area contributed by atoms with Crippen LogP contribution in [0.2, 0.25) is 0 Å². The van der Waals surface area contributed by atoms with Gasteiger partial charge in [-0.1, -0.05) is 67.4 Å². The molecule has 1 aliphatic carbocycles. The Balaban J connectivity index is 1.39. The van der Waals surface area contributed by atoms with Gasteiger partial charge in [0.15, 0.2) is 0 Å². The fraction of sp³-hybridized carbons (Fsp3) is 0.500. The molecule has 2 aromatic carbocycles. The van der Waals surface area contributed by atoms with E-state index in [1.807, 2.05) is 6.07 Å². The highest BCUT2D eigenvalue weighted by molar-refractivity contribution is 5.89. The summed E-state index contributed by atoms with van der Waals surface area (Å²) in [5.41, 5.74) is 3.41. The smallest absolute Gasteiger partial charge is 0.233 e. The summed E-state index contributed by atoms with van der Waals surface area (Å²) in [7, 11) is 0. The summed E-state index contributed by atoms with van der Waals surface area (Å²) in [6, 6.07) is 19.0. The molecular weight excluding hydrogens is 396 g/mol. The van der Waals surface area contributed by atoms with Gasteiger partial charge in [-0.05, 0) is 54.7 Å². The Kier molecular flexibility index (Phi) is 5.56. The maximum atomic E-state index is 13.9. The number of hydrogen-bond acceptors (Lipinski definition) is 2. The number of nitrogens with one attached hydrogen (secondary N) is 1. The minimum Gasteiger partial charge on any atom is -0.355 e. The first-order valence-corrected chi connectivity index (χ1v) is 12.2. The fourth-order valence-corrected chi connectivity index (χ4v) is 6.70. The molecule has 5 rings (SSSR count).